The van der Waals surface area contributed by atoms with Gasteiger partial charge in [0.1, 0.15) is 0 Å². The fourth-order valence-electron chi connectivity index (χ4n) is 3.12. The Balaban J connectivity index is 1.82. The van der Waals surface area contributed by atoms with Crippen molar-refractivity contribution in [3.05, 3.63) is 41.5 Å². The van der Waals surface area contributed by atoms with Gasteiger partial charge >= 0.3 is 0 Å². The lowest BCUT2D eigenvalue weighted by Crippen LogP contribution is -2.34. The van der Waals surface area contributed by atoms with E-state index in [-0.39, 0.29) is 10.8 Å². The van der Waals surface area contributed by atoms with Crippen LogP contribution in [-0.2, 0) is 15.6 Å². The van der Waals surface area contributed by atoms with Crippen LogP contribution in [0.25, 0.3) is 0 Å². The van der Waals surface area contributed by atoms with Crippen LogP contribution in [0.15, 0.2) is 33.7 Å². The molecule has 0 aliphatic heterocycles. The molecule has 1 atom stereocenters. The van der Waals surface area contributed by atoms with E-state index in [1.54, 1.807) is 24.3 Å². The number of nitrogens with two attached hydrogens (primary N) is 1. The maximum Gasteiger partial charge on any atom is 0.242 e. The lowest BCUT2D eigenvalue weighted by molar-refractivity contribution is 0.344. The zero-order valence-corrected chi connectivity index (χ0v) is 15.6. The van der Waals surface area contributed by atoms with Crippen LogP contribution in [0.4, 0.5) is 0 Å². The van der Waals surface area contributed by atoms with Crippen molar-refractivity contribution in [1.29, 1.82) is 0 Å². The monoisotopic (exact) mass is 364 g/mol. The molecule has 0 spiro atoms. The van der Waals surface area contributed by atoms with Crippen molar-refractivity contribution in [3.8, 4) is 0 Å². The van der Waals surface area contributed by atoms with Gasteiger partial charge < -0.3 is 10.3 Å². The number of hydrogen-bond acceptors (Lipinski definition) is 6. The first-order valence-electron chi connectivity index (χ1n) is 8.39. The number of benzene rings is 1. The summed E-state index contributed by atoms with van der Waals surface area (Å²) in [5, 5.41) is 4.08. The average Bonchev–Trinajstić information content (AvgIpc) is 3.24. The van der Waals surface area contributed by atoms with Crippen LogP contribution in [0.1, 0.15) is 55.8 Å². The zero-order valence-electron chi connectivity index (χ0n) is 14.8. The van der Waals surface area contributed by atoms with Crippen molar-refractivity contribution < 1.29 is 12.9 Å². The Kier molecular flexibility index (Phi) is 4.70. The second kappa shape index (κ2) is 6.51. The van der Waals surface area contributed by atoms with E-state index in [0.29, 0.717) is 11.7 Å². The Bertz CT molecular complexity index is 837. The SMILES string of the molecule is CC(c1ccc(S(=O)(=O)N(C)C)cc1)c1nc(C2(N)CCCC2)no1. The van der Waals surface area contributed by atoms with Gasteiger partial charge in [0.05, 0.1) is 16.4 Å². The van der Waals surface area contributed by atoms with Crippen molar-refractivity contribution in [2.24, 2.45) is 5.73 Å². The summed E-state index contributed by atoms with van der Waals surface area (Å²) < 4.78 is 30.9. The molecular weight excluding hydrogens is 340 g/mol. The molecule has 25 heavy (non-hydrogen) atoms. The number of hydrogen-bond donors (Lipinski definition) is 1. The second-order valence-electron chi connectivity index (χ2n) is 6.90. The summed E-state index contributed by atoms with van der Waals surface area (Å²) in [4.78, 5) is 4.77. The minimum Gasteiger partial charge on any atom is -0.339 e. The molecule has 1 aromatic heterocycles. The molecule has 0 bridgehead atoms. The Morgan fingerprint density at radius 1 is 1.20 bits per heavy atom. The normalized spacial score (nSPS) is 18.6. The van der Waals surface area contributed by atoms with Crippen LogP contribution in [0.5, 0.6) is 0 Å². The van der Waals surface area contributed by atoms with Crippen LogP contribution in [0.3, 0.4) is 0 Å². The van der Waals surface area contributed by atoms with Gasteiger partial charge in [-0.15, -0.1) is 0 Å². The third-order valence-corrected chi connectivity index (χ3v) is 6.74. The summed E-state index contributed by atoms with van der Waals surface area (Å²) in [7, 11) is -0.411. The number of rotatable bonds is 5. The molecule has 7 nitrogen and oxygen atoms in total. The summed E-state index contributed by atoms with van der Waals surface area (Å²) in [5.74, 6) is 0.927. The van der Waals surface area contributed by atoms with Crippen LogP contribution in [0.2, 0.25) is 0 Å². The minimum atomic E-state index is -3.43. The van der Waals surface area contributed by atoms with Gasteiger partial charge in [-0.3, -0.25) is 0 Å². The van der Waals surface area contributed by atoms with Crippen LogP contribution in [-0.4, -0.2) is 37.0 Å². The standard InChI is InChI=1S/C17H24N4O3S/c1-12(13-6-8-14(9-7-13)25(22,23)21(2)3)15-19-16(20-24-15)17(18)10-4-5-11-17/h6-9,12H,4-5,10-11,18H2,1-3H3. The molecule has 3 rings (SSSR count). The summed E-state index contributed by atoms with van der Waals surface area (Å²) >= 11 is 0. The van der Waals surface area contributed by atoms with E-state index >= 15 is 0 Å². The molecule has 0 radical (unpaired) electrons. The Morgan fingerprint density at radius 2 is 1.80 bits per heavy atom. The summed E-state index contributed by atoms with van der Waals surface area (Å²) in [5.41, 5.74) is 6.80. The van der Waals surface area contributed by atoms with Gasteiger partial charge in [0, 0.05) is 14.1 Å². The molecule has 1 aliphatic carbocycles. The van der Waals surface area contributed by atoms with E-state index in [9.17, 15) is 8.42 Å². The molecule has 8 heteroatoms. The maximum atomic E-state index is 12.1. The van der Waals surface area contributed by atoms with Crippen molar-refractivity contribution in [2.45, 2.75) is 49.0 Å². The molecule has 1 fully saturated rings. The summed E-state index contributed by atoms with van der Waals surface area (Å²) in [6.45, 7) is 1.95. The summed E-state index contributed by atoms with van der Waals surface area (Å²) in [6.07, 6.45) is 3.91. The van der Waals surface area contributed by atoms with Gasteiger partial charge in [0.25, 0.3) is 0 Å². The van der Waals surface area contributed by atoms with Gasteiger partial charge in [-0.05, 0) is 37.5 Å². The molecule has 2 N–H and O–H groups in total. The number of sulfonamides is 1. The first-order chi connectivity index (χ1) is 11.7. The molecule has 1 heterocycles. The third-order valence-electron chi connectivity index (χ3n) is 4.91. The predicted octanol–water partition coefficient (Wildman–Crippen LogP) is 2.20. The smallest absolute Gasteiger partial charge is 0.242 e. The third kappa shape index (κ3) is 3.33. The van der Waals surface area contributed by atoms with Crippen LogP contribution >= 0.6 is 0 Å². The Morgan fingerprint density at radius 3 is 2.36 bits per heavy atom. The van der Waals surface area contributed by atoms with Gasteiger partial charge in [-0.25, -0.2) is 12.7 Å². The van der Waals surface area contributed by atoms with Crippen LogP contribution in [0, 0.1) is 0 Å². The Hall–Kier alpha value is -1.77. The van der Waals surface area contributed by atoms with Crippen molar-refractivity contribution in [3.63, 3.8) is 0 Å². The maximum absolute atomic E-state index is 12.1. The predicted molar refractivity (Wildman–Crippen MR) is 93.5 cm³/mol. The molecule has 0 saturated heterocycles. The molecule has 1 saturated carbocycles. The largest absolute Gasteiger partial charge is 0.339 e. The molecule has 2 aromatic rings. The van der Waals surface area contributed by atoms with Crippen LogP contribution < -0.4 is 5.73 Å². The molecule has 1 unspecified atom stereocenters. The lowest BCUT2D eigenvalue weighted by Gasteiger charge is -2.17. The highest BCUT2D eigenvalue weighted by Gasteiger charge is 2.36. The number of nitrogens with zero attached hydrogens (tertiary/aromatic N) is 3. The molecule has 1 aliphatic rings. The average molecular weight is 364 g/mol. The number of aromatic nitrogens is 2. The van der Waals surface area contributed by atoms with E-state index < -0.39 is 15.6 Å². The van der Waals surface area contributed by atoms with Gasteiger partial charge in [-0.2, -0.15) is 4.98 Å². The summed E-state index contributed by atoms with van der Waals surface area (Å²) in [6, 6.07) is 6.75. The quantitative estimate of drug-likeness (QED) is 0.872. The fourth-order valence-corrected chi connectivity index (χ4v) is 4.03. The lowest BCUT2D eigenvalue weighted by atomic mass is 9.98. The van der Waals surface area contributed by atoms with Gasteiger partial charge in [-0.1, -0.05) is 30.1 Å². The van der Waals surface area contributed by atoms with Gasteiger partial charge in [0.2, 0.25) is 15.9 Å². The Labute approximate surface area is 148 Å². The van der Waals surface area contributed by atoms with E-state index in [1.165, 1.54) is 18.4 Å². The first kappa shape index (κ1) is 18.0. The molecule has 136 valence electrons. The minimum absolute atomic E-state index is 0.137. The first-order valence-corrected chi connectivity index (χ1v) is 9.83. The molecular formula is C17H24N4O3S. The second-order valence-corrected chi connectivity index (χ2v) is 9.05. The highest BCUT2D eigenvalue weighted by Crippen LogP contribution is 2.35. The zero-order chi connectivity index (χ0) is 18.2. The highest BCUT2D eigenvalue weighted by molar-refractivity contribution is 7.89. The molecule has 0 amide bonds. The van der Waals surface area contributed by atoms with E-state index in [0.717, 1.165) is 31.2 Å². The topological polar surface area (TPSA) is 102 Å². The van der Waals surface area contributed by atoms with E-state index in [1.807, 2.05) is 6.92 Å². The highest BCUT2D eigenvalue weighted by atomic mass is 32.2. The van der Waals surface area contributed by atoms with Crippen molar-refractivity contribution in [1.82, 2.24) is 14.4 Å². The van der Waals surface area contributed by atoms with Crippen molar-refractivity contribution >= 4 is 10.0 Å². The fraction of sp³-hybridized carbons (Fsp3) is 0.529. The molecule has 1 aromatic carbocycles. The van der Waals surface area contributed by atoms with Gasteiger partial charge in [0.15, 0.2) is 5.82 Å². The van der Waals surface area contributed by atoms with Crippen molar-refractivity contribution in [2.75, 3.05) is 14.1 Å². The van der Waals surface area contributed by atoms with E-state index in [2.05, 4.69) is 10.1 Å². The van der Waals surface area contributed by atoms with E-state index in [4.69, 9.17) is 10.3 Å².